The molecule has 0 unspecified atom stereocenters. The van der Waals surface area contributed by atoms with E-state index < -0.39 is 0 Å². The second-order valence-electron chi connectivity index (χ2n) is 4.79. The van der Waals surface area contributed by atoms with E-state index in [0.29, 0.717) is 5.33 Å². The molecule has 0 atom stereocenters. The van der Waals surface area contributed by atoms with Gasteiger partial charge in [0, 0.05) is 23.1 Å². The fraction of sp³-hybridized carbons (Fsp3) is 0.643. The molecule has 17 heavy (non-hydrogen) atoms. The van der Waals surface area contributed by atoms with Gasteiger partial charge in [0.25, 0.3) is 5.56 Å². The summed E-state index contributed by atoms with van der Waals surface area (Å²) in [4.78, 5) is 12.3. The number of rotatable bonds is 4. The van der Waals surface area contributed by atoms with Crippen LogP contribution in [0.25, 0.3) is 0 Å². The van der Waals surface area contributed by atoms with Crippen LogP contribution in [0.4, 0.5) is 0 Å². The third kappa shape index (κ3) is 2.65. The zero-order valence-electron chi connectivity index (χ0n) is 10.5. The summed E-state index contributed by atoms with van der Waals surface area (Å²) >= 11 is 3.43. The summed E-state index contributed by atoms with van der Waals surface area (Å²) in [6, 6.07) is 2.12. The predicted octanol–water partition coefficient (Wildman–Crippen LogP) is 3.42. The summed E-state index contributed by atoms with van der Waals surface area (Å²) in [5.41, 5.74) is 3.85. The second-order valence-corrected chi connectivity index (χ2v) is 5.35. The largest absolute Gasteiger partial charge is 0.312 e. The summed E-state index contributed by atoms with van der Waals surface area (Å²) in [7, 11) is 0. The minimum absolute atomic E-state index is 0.218. The predicted molar refractivity (Wildman–Crippen MR) is 74.9 cm³/mol. The van der Waals surface area contributed by atoms with Crippen molar-refractivity contribution >= 4 is 15.9 Å². The van der Waals surface area contributed by atoms with Gasteiger partial charge in [-0.15, -0.1) is 0 Å². The molecule has 0 amide bonds. The minimum Gasteiger partial charge on any atom is -0.312 e. The third-order valence-electron chi connectivity index (χ3n) is 3.55. The van der Waals surface area contributed by atoms with Gasteiger partial charge in [0.05, 0.1) is 0 Å². The molecule has 0 N–H and O–H groups in total. The molecule has 0 saturated heterocycles. The molecule has 1 heterocycles. The molecule has 0 spiro atoms. The van der Waals surface area contributed by atoms with E-state index in [9.17, 15) is 4.79 Å². The van der Waals surface area contributed by atoms with E-state index >= 15 is 0 Å². The highest BCUT2D eigenvalue weighted by atomic mass is 79.9. The van der Waals surface area contributed by atoms with E-state index in [1.165, 1.54) is 24.1 Å². The average molecular weight is 298 g/mol. The number of hydrogen-bond acceptors (Lipinski definition) is 1. The smallest absolute Gasteiger partial charge is 0.254 e. The number of pyridine rings is 1. The van der Waals surface area contributed by atoms with Crippen molar-refractivity contribution in [2.75, 3.05) is 0 Å². The van der Waals surface area contributed by atoms with Crippen molar-refractivity contribution in [3.8, 4) is 0 Å². The fourth-order valence-corrected chi connectivity index (χ4v) is 2.99. The zero-order valence-corrected chi connectivity index (χ0v) is 12.1. The summed E-state index contributed by atoms with van der Waals surface area (Å²) < 4.78 is 2.04. The van der Waals surface area contributed by atoms with E-state index in [1.807, 2.05) is 4.57 Å². The van der Waals surface area contributed by atoms with Gasteiger partial charge >= 0.3 is 0 Å². The standard InChI is InChI=1S/C14H20BrNO/c1-2-3-8-16-13-7-5-4-6-11(13)9-12(10-15)14(16)17/h9H,2-8,10H2,1H3. The van der Waals surface area contributed by atoms with Gasteiger partial charge in [-0.25, -0.2) is 0 Å². The van der Waals surface area contributed by atoms with Gasteiger partial charge in [0.2, 0.25) is 0 Å². The lowest BCUT2D eigenvalue weighted by Gasteiger charge is -2.22. The molecular formula is C14H20BrNO. The SMILES string of the molecule is CCCCn1c2c(cc(CBr)c1=O)CCCC2. The summed E-state index contributed by atoms with van der Waals surface area (Å²) in [6.07, 6.45) is 6.95. The van der Waals surface area contributed by atoms with Crippen molar-refractivity contribution < 1.29 is 0 Å². The Bertz CT molecular complexity index is 450. The van der Waals surface area contributed by atoms with Crippen molar-refractivity contribution in [3.63, 3.8) is 0 Å². The second kappa shape index (κ2) is 5.85. The van der Waals surface area contributed by atoms with Crippen LogP contribution in [0.1, 0.15) is 49.4 Å². The first-order chi connectivity index (χ1) is 8.27. The number of unbranched alkanes of at least 4 members (excludes halogenated alkanes) is 1. The Morgan fingerprint density at radius 1 is 1.35 bits per heavy atom. The van der Waals surface area contributed by atoms with E-state index in [0.717, 1.165) is 37.8 Å². The Hall–Kier alpha value is -0.570. The first-order valence-electron chi connectivity index (χ1n) is 6.58. The molecule has 1 aromatic heterocycles. The molecule has 1 aliphatic rings. The van der Waals surface area contributed by atoms with Crippen molar-refractivity contribution in [1.29, 1.82) is 0 Å². The van der Waals surface area contributed by atoms with Gasteiger partial charge in [0.1, 0.15) is 0 Å². The monoisotopic (exact) mass is 297 g/mol. The van der Waals surface area contributed by atoms with Crippen molar-refractivity contribution in [2.45, 2.75) is 57.3 Å². The van der Waals surface area contributed by atoms with Crippen molar-refractivity contribution in [3.05, 3.63) is 33.2 Å². The quantitative estimate of drug-likeness (QED) is 0.781. The van der Waals surface area contributed by atoms with Crippen LogP contribution in [0.15, 0.2) is 10.9 Å². The minimum atomic E-state index is 0.218. The molecule has 2 rings (SSSR count). The molecule has 0 saturated carbocycles. The van der Waals surface area contributed by atoms with Gasteiger partial charge in [-0.2, -0.15) is 0 Å². The van der Waals surface area contributed by atoms with Crippen LogP contribution >= 0.6 is 15.9 Å². The highest BCUT2D eigenvalue weighted by molar-refractivity contribution is 9.08. The Morgan fingerprint density at radius 2 is 2.12 bits per heavy atom. The average Bonchev–Trinajstić information content (AvgIpc) is 2.37. The molecule has 0 aliphatic heterocycles. The number of halogens is 1. The number of fused-ring (bicyclic) bond motifs is 1. The lowest BCUT2D eigenvalue weighted by molar-refractivity contribution is 0.546. The molecule has 3 heteroatoms. The van der Waals surface area contributed by atoms with Crippen LogP contribution in [0.2, 0.25) is 0 Å². The maximum atomic E-state index is 12.3. The molecule has 0 aromatic carbocycles. The summed E-state index contributed by atoms with van der Waals surface area (Å²) in [5, 5.41) is 0.672. The molecule has 94 valence electrons. The number of aromatic nitrogens is 1. The van der Waals surface area contributed by atoms with Crippen LogP contribution in [0.3, 0.4) is 0 Å². The Labute approximate surface area is 111 Å². The van der Waals surface area contributed by atoms with E-state index in [1.54, 1.807) is 0 Å². The Morgan fingerprint density at radius 3 is 2.82 bits per heavy atom. The zero-order chi connectivity index (χ0) is 12.3. The van der Waals surface area contributed by atoms with Crippen molar-refractivity contribution in [1.82, 2.24) is 4.57 Å². The molecule has 1 aliphatic carbocycles. The van der Waals surface area contributed by atoms with Crippen molar-refractivity contribution in [2.24, 2.45) is 0 Å². The Kier molecular flexibility index (Phi) is 4.43. The normalized spacial score (nSPS) is 14.7. The molecule has 0 bridgehead atoms. The van der Waals surface area contributed by atoms with Crippen LogP contribution in [-0.4, -0.2) is 4.57 Å². The third-order valence-corrected chi connectivity index (χ3v) is 4.16. The molecule has 2 nitrogen and oxygen atoms in total. The maximum Gasteiger partial charge on any atom is 0.254 e. The first-order valence-corrected chi connectivity index (χ1v) is 7.70. The summed E-state index contributed by atoms with van der Waals surface area (Å²) in [6.45, 7) is 3.06. The number of nitrogens with zero attached hydrogens (tertiary/aromatic N) is 1. The number of hydrogen-bond donors (Lipinski definition) is 0. The molecule has 0 radical (unpaired) electrons. The van der Waals surface area contributed by atoms with Gasteiger partial charge in [0.15, 0.2) is 0 Å². The molecule has 0 fully saturated rings. The van der Waals surface area contributed by atoms with Crippen LogP contribution in [0.5, 0.6) is 0 Å². The fourth-order valence-electron chi connectivity index (χ4n) is 2.59. The van der Waals surface area contributed by atoms with E-state index in [2.05, 4.69) is 28.9 Å². The van der Waals surface area contributed by atoms with Crippen LogP contribution in [-0.2, 0) is 24.7 Å². The van der Waals surface area contributed by atoms with Gasteiger partial charge < -0.3 is 4.57 Å². The number of alkyl halides is 1. The molecular weight excluding hydrogens is 278 g/mol. The molecule has 1 aromatic rings. The van der Waals surface area contributed by atoms with Crippen LogP contribution in [0, 0.1) is 0 Å². The lowest BCUT2D eigenvalue weighted by atomic mass is 9.94. The maximum absolute atomic E-state index is 12.3. The van der Waals surface area contributed by atoms with Gasteiger partial charge in [-0.3, -0.25) is 4.79 Å². The topological polar surface area (TPSA) is 22.0 Å². The van der Waals surface area contributed by atoms with E-state index in [-0.39, 0.29) is 5.56 Å². The highest BCUT2D eigenvalue weighted by Crippen LogP contribution is 2.21. The summed E-state index contributed by atoms with van der Waals surface area (Å²) in [5.74, 6) is 0. The van der Waals surface area contributed by atoms with E-state index in [4.69, 9.17) is 0 Å². The van der Waals surface area contributed by atoms with Gasteiger partial charge in [-0.05, 0) is 43.7 Å². The van der Waals surface area contributed by atoms with Gasteiger partial charge in [-0.1, -0.05) is 29.3 Å². The lowest BCUT2D eigenvalue weighted by Crippen LogP contribution is -2.29. The highest BCUT2D eigenvalue weighted by Gasteiger charge is 2.16. The number of aryl methyl sites for hydroxylation is 1. The Balaban J connectivity index is 2.48. The first kappa shape index (κ1) is 12.9. The van der Waals surface area contributed by atoms with Crippen LogP contribution < -0.4 is 5.56 Å².